The van der Waals surface area contributed by atoms with E-state index >= 15 is 0 Å². The van der Waals surface area contributed by atoms with E-state index in [4.69, 9.17) is 17.3 Å². The van der Waals surface area contributed by atoms with Gasteiger partial charge < -0.3 is 53.6 Å². The van der Waals surface area contributed by atoms with E-state index < -0.39 is 84.7 Å². The Hall–Kier alpha value is -6.71. The van der Waals surface area contributed by atoms with Crippen LogP contribution in [0.25, 0.3) is 0 Å². The van der Waals surface area contributed by atoms with E-state index in [1.54, 1.807) is 79.1 Å². The van der Waals surface area contributed by atoms with Crippen LogP contribution < -0.4 is 54.6 Å². The average molecular weight is 892 g/mol. The summed E-state index contributed by atoms with van der Waals surface area (Å²) < 4.78 is 0. The number of carboxylic acid groups (broad SMARTS) is 1. The zero-order valence-electron chi connectivity index (χ0n) is 34.9. The number of guanidine groups is 1. The molecule has 0 spiro atoms. The molecule has 5 atom stereocenters. The molecule has 63 heavy (non-hydrogen) atoms. The zero-order chi connectivity index (χ0) is 46.1. The number of nitrogens with one attached hydrogen (secondary N) is 7. The number of aromatic hydroxyl groups is 1. The monoisotopic (exact) mass is 891 g/mol. The third kappa shape index (κ3) is 19.3. The highest BCUT2D eigenvalue weighted by Crippen LogP contribution is 2.12. The Morgan fingerprint density at radius 3 is 1.63 bits per heavy atom. The number of carbonyl (C=O) groups excluding carboxylic acids is 6. The van der Waals surface area contributed by atoms with Gasteiger partial charge in [0.2, 0.25) is 35.4 Å². The second-order valence-electron chi connectivity index (χ2n) is 14.3. The van der Waals surface area contributed by atoms with Crippen molar-refractivity contribution in [2.45, 2.75) is 68.7 Å². The first kappa shape index (κ1) is 50.6. The van der Waals surface area contributed by atoms with Gasteiger partial charge in [0.05, 0.1) is 13.1 Å². The number of phenols is 1. The van der Waals surface area contributed by atoms with E-state index in [-0.39, 0.29) is 56.8 Å². The van der Waals surface area contributed by atoms with Gasteiger partial charge in [0.25, 0.3) is 0 Å². The number of phenolic OH excluding ortho intramolecular Hbond substituents is 1. The lowest BCUT2D eigenvalue weighted by Gasteiger charge is -2.26. The van der Waals surface area contributed by atoms with Crippen LogP contribution in [0.1, 0.15) is 36.0 Å². The Balaban J connectivity index is 1.70. The summed E-state index contributed by atoms with van der Waals surface area (Å²) in [7, 11) is 0. The van der Waals surface area contributed by atoms with Gasteiger partial charge in [-0.05, 0) is 66.5 Å². The number of aliphatic carboxylic acids is 1. The third-order valence-electron chi connectivity index (χ3n) is 9.42. The molecular weight excluding hydrogens is 835 g/mol. The van der Waals surface area contributed by atoms with Crippen molar-refractivity contribution >= 4 is 59.1 Å². The van der Waals surface area contributed by atoms with Crippen molar-refractivity contribution in [3.63, 3.8) is 0 Å². The predicted octanol–water partition coefficient (Wildman–Crippen LogP) is -1.69. The summed E-state index contributed by atoms with van der Waals surface area (Å²) in [5.74, 6) is 0.291. The van der Waals surface area contributed by atoms with Crippen LogP contribution in [0.5, 0.6) is 5.75 Å². The van der Waals surface area contributed by atoms with E-state index in [1.165, 1.54) is 23.9 Å². The fourth-order valence-corrected chi connectivity index (χ4v) is 6.55. The number of hydrazine groups is 1. The van der Waals surface area contributed by atoms with Crippen LogP contribution in [-0.4, -0.2) is 119 Å². The Morgan fingerprint density at radius 2 is 1.10 bits per heavy atom. The third-order valence-corrected chi connectivity index (χ3v) is 10.1. The highest BCUT2D eigenvalue weighted by molar-refractivity contribution is 7.98. The molecule has 20 nitrogen and oxygen atoms in total. The first-order chi connectivity index (χ1) is 30.2. The van der Waals surface area contributed by atoms with Crippen LogP contribution in [-0.2, 0) is 52.8 Å². The van der Waals surface area contributed by atoms with Gasteiger partial charge in [0, 0.05) is 19.4 Å². The lowest BCUT2D eigenvalue weighted by molar-refractivity contribution is -0.142. The molecule has 3 aromatic carbocycles. The normalized spacial score (nSPS) is 13.1. The van der Waals surface area contributed by atoms with Crippen molar-refractivity contribution in [1.29, 1.82) is 0 Å². The van der Waals surface area contributed by atoms with E-state index in [9.17, 15) is 43.8 Å². The van der Waals surface area contributed by atoms with E-state index in [2.05, 4.69) is 42.3 Å². The van der Waals surface area contributed by atoms with Crippen molar-refractivity contribution in [2.24, 2.45) is 22.3 Å². The minimum atomic E-state index is -1.32. The molecule has 0 aromatic heterocycles. The SMILES string of the molecule is CSCC[C@H](NC(=O)[C@H](Cc1ccccc1)NC(=O)CNC(=O)CNC(=O)[C@H](Cc1ccc(O)cc1)NN)C(=O)N[C@@H](CCCN=C(N)N)C(=O)N[C@@H](Cc1ccccc1)C(=O)O. The summed E-state index contributed by atoms with van der Waals surface area (Å²) in [6.07, 6.45) is 2.32. The molecule has 0 saturated carbocycles. The molecule has 0 aliphatic heterocycles. The van der Waals surface area contributed by atoms with Gasteiger partial charge in [-0.2, -0.15) is 11.8 Å². The molecule has 15 N–H and O–H groups in total. The number of benzene rings is 3. The summed E-state index contributed by atoms with van der Waals surface area (Å²) in [4.78, 5) is 96.1. The Bertz CT molecular complexity index is 1990. The number of carbonyl (C=O) groups is 7. The van der Waals surface area contributed by atoms with Gasteiger partial charge in [0.1, 0.15) is 36.0 Å². The highest BCUT2D eigenvalue weighted by atomic mass is 32.2. The summed E-state index contributed by atoms with van der Waals surface area (Å²) in [5, 5.41) is 34.8. The summed E-state index contributed by atoms with van der Waals surface area (Å²) >= 11 is 1.40. The maximum atomic E-state index is 13.9. The number of hydrogen-bond acceptors (Lipinski definition) is 12. The fourth-order valence-electron chi connectivity index (χ4n) is 6.08. The van der Waals surface area contributed by atoms with Gasteiger partial charge in [0.15, 0.2) is 5.96 Å². The molecule has 6 amide bonds. The van der Waals surface area contributed by atoms with Crippen LogP contribution in [0.15, 0.2) is 89.9 Å². The molecule has 0 bridgehead atoms. The summed E-state index contributed by atoms with van der Waals surface area (Å²) in [6, 6.07) is 17.7. The largest absolute Gasteiger partial charge is 0.508 e. The molecule has 3 aromatic rings. The maximum Gasteiger partial charge on any atom is 0.326 e. The summed E-state index contributed by atoms with van der Waals surface area (Å²) in [5.41, 5.74) is 15.3. The van der Waals surface area contributed by atoms with Gasteiger partial charge in [-0.15, -0.1) is 0 Å². The number of amides is 6. The quantitative estimate of drug-likeness (QED) is 0.0134. The molecule has 0 saturated heterocycles. The van der Waals surface area contributed by atoms with Crippen molar-refractivity contribution in [3.8, 4) is 5.75 Å². The maximum absolute atomic E-state index is 13.9. The Kier molecular flexibility index (Phi) is 21.9. The molecule has 21 heteroatoms. The van der Waals surface area contributed by atoms with Crippen molar-refractivity contribution in [3.05, 3.63) is 102 Å². The average Bonchev–Trinajstić information content (AvgIpc) is 3.26. The van der Waals surface area contributed by atoms with Gasteiger partial charge in [-0.25, -0.2) is 10.2 Å². The van der Waals surface area contributed by atoms with E-state index in [0.717, 1.165) is 0 Å². The molecule has 0 radical (unpaired) electrons. The molecule has 0 heterocycles. The molecular formula is C42H57N11O9S. The molecule has 340 valence electrons. The highest BCUT2D eigenvalue weighted by Gasteiger charge is 2.31. The summed E-state index contributed by atoms with van der Waals surface area (Å²) in [6.45, 7) is -0.934. The number of nitrogens with two attached hydrogens (primary N) is 3. The zero-order valence-corrected chi connectivity index (χ0v) is 35.7. The standard InChI is InChI=1S/C42H57N11O9S/c1-63-20-18-31(39(59)50-30(13-8-19-46-42(43)44)38(58)52-34(41(61)62)23-27-11-6-3-7-12-27)51-40(60)32(21-26-9-4-2-5-10-26)49-36(56)25-47-35(55)24-48-37(57)33(53-45)22-28-14-16-29(54)17-15-28/h2-7,9-12,14-17,30-34,53-54H,8,13,18-25,45H2,1H3,(H,47,55)(H,48,57)(H,49,56)(H,50,59)(H,51,60)(H,52,58)(H,61,62)(H4,43,44,46)/t30-,31-,32-,33-,34-/m0/s1. The fraction of sp³-hybridized carbons (Fsp3) is 0.381. The second kappa shape index (κ2) is 27.3. The van der Waals surface area contributed by atoms with Crippen LogP contribution >= 0.6 is 11.8 Å². The lowest BCUT2D eigenvalue weighted by atomic mass is 10.0. The van der Waals surface area contributed by atoms with Crippen LogP contribution in [0.2, 0.25) is 0 Å². The van der Waals surface area contributed by atoms with Crippen molar-refractivity contribution in [1.82, 2.24) is 37.3 Å². The van der Waals surface area contributed by atoms with E-state index in [1.807, 2.05) is 0 Å². The minimum absolute atomic E-state index is 0.00159. The predicted molar refractivity (Wildman–Crippen MR) is 238 cm³/mol. The first-order valence-electron chi connectivity index (χ1n) is 20.0. The Labute approximate surface area is 369 Å². The molecule has 0 aliphatic carbocycles. The number of carboxylic acids is 1. The number of thioether (sulfide) groups is 1. The molecule has 3 rings (SSSR count). The number of aliphatic imine (C=N–C) groups is 1. The Morgan fingerprint density at radius 1 is 0.603 bits per heavy atom. The topological polar surface area (TPSA) is 335 Å². The molecule has 0 aliphatic rings. The molecule has 0 fully saturated rings. The van der Waals surface area contributed by atoms with Crippen LogP contribution in [0.3, 0.4) is 0 Å². The minimum Gasteiger partial charge on any atom is -0.508 e. The van der Waals surface area contributed by atoms with Crippen LogP contribution in [0, 0.1) is 0 Å². The number of rotatable bonds is 27. The number of hydrogen-bond donors (Lipinski definition) is 12. The first-order valence-corrected chi connectivity index (χ1v) is 21.4. The van der Waals surface area contributed by atoms with Gasteiger partial charge >= 0.3 is 5.97 Å². The smallest absolute Gasteiger partial charge is 0.326 e. The number of nitrogens with zero attached hydrogens (tertiary/aromatic N) is 1. The van der Waals surface area contributed by atoms with Crippen LogP contribution in [0.4, 0.5) is 0 Å². The second-order valence-corrected chi connectivity index (χ2v) is 15.3. The van der Waals surface area contributed by atoms with E-state index in [0.29, 0.717) is 22.4 Å². The lowest BCUT2D eigenvalue weighted by Crippen LogP contribution is -2.58. The van der Waals surface area contributed by atoms with Gasteiger partial charge in [-0.3, -0.25) is 39.6 Å². The van der Waals surface area contributed by atoms with Crippen molar-refractivity contribution < 1.29 is 43.8 Å². The van der Waals surface area contributed by atoms with Gasteiger partial charge in [-0.1, -0.05) is 72.8 Å². The molecule has 0 unspecified atom stereocenters. The van der Waals surface area contributed by atoms with Crippen molar-refractivity contribution in [2.75, 3.05) is 31.6 Å².